The van der Waals surface area contributed by atoms with E-state index < -0.39 is 143 Å². The predicted molar refractivity (Wildman–Crippen MR) is 190 cm³/mol. The van der Waals surface area contributed by atoms with Crippen molar-refractivity contribution < 1.29 is 113 Å². The number of barbiturate groups is 1. The van der Waals surface area contributed by atoms with Crippen molar-refractivity contribution in [1.82, 2.24) is 9.80 Å². The largest absolute Gasteiger partial charge is 0.490 e. The molecule has 1 heterocycles. The lowest BCUT2D eigenvalue weighted by Gasteiger charge is -2.44. The number of hydrogen-bond donors (Lipinski definition) is 6. The minimum absolute atomic E-state index is 0.132. The van der Waals surface area contributed by atoms with Crippen molar-refractivity contribution in [3.63, 3.8) is 0 Å². The summed E-state index contributed by atoms with van der Waals surface area (Å²) in [5.41, 5.74) is 8.24. The van der Waals surface area contributed by atoms with Crippen molar-refractivity contribution >= 4 is 41.7 Å². The van der Waals surface area contributed by atoms with Gasteiger partial charge in [0.1, 0.15) is 5.41 Å². The molecular formula is C34H32F18N8O7. The Labute approximate surface area is 362 Å². The van der Waals surface area contributed by atoms with Gasteiger partial charge in [-0.3, -0.25) is 29.4 Å². The Kier molecular flexibility index (Phi) is 18.9. The minimum Gasteiger partial charge on any atom is -0.475 e. The van der Waals surface area contributed by atoms with Crippen LogP contribution in [0, 0.1) is 5.41 Å². The van der Waals surface area contributed by atoms with Crippen LogP contribution in [0.25, 0.3) is 0 Å². The van der Waals surface area contributed by atoms with Crippen LogP contribution in [0.3, 0.4) is 0 Å². The number of carbonyl (C=O) groups excluding carboxylic acids is 3. The third-order valence-corrected chi connectivity index (χ3v) is 8.23. The molecule has 0 unspecified atom stereocenters. The van der Waals surface area contributed by atoms with Crippen molar-refractivity contribution in [1.29, 1.82) is 0 Å². The number of nitrogens with two attached hydrogens (primary N) is 4. The molecule has 1 fully saturated rings. The highest BCUT2D eigenvalue weighted by atomic mass is 19.4. The SMILES string of the molecule is NC(N)=NCCCN1C(=O)N(CCCN=C(N)N)C(=O)C(Cc2cc(C(F)(F)F)cc(C(F)(F)F)c2)(Cc2cc(C(F)(F)F)cc(C(F)(F)F)c2)C1=O.O=C(O)C(F)(F)F.O=C(O)C(F)(F)F. The smallest absolute Gasteiger partial charge is 0.475 e. The summed E-state index contributed by atoms with van der Waals surface area (Å²) in [6.07, 6.45) is -35.4. The monoisotopic (exact) mass is 1010 g/mol. The van der Waals surface area contributed by atoms with E-state index in [1.165, 1.54) is 0 Å². The Morgan fingerprint density at radius 2 is 0.731 bits per heavy atom. The summed E-state index contributed by atoms with van der Waals surface area (Å²) >= 11 is 0. The first-order valence-electron chi connectivity index (χ1n) is 17.5. The van der Waals surface area contributed by atoms with Crippen molar-refractivity contribution in [2.75, 3.05) is 26.2 Å². The van der Waals surface area contributed by atoms with Gasteiger partial charge in [-0.2, -0.15) is 79.0 Å². The fourth-order valence-electron chi connectivity index (χ4n) is 5.50. The number of imide groups is 2. The van der Waals surface area contributed by atoms with Crippen LogP contribution >= 0.6 is 0 Å². The molecule has 1 aliphatic rings. The Morgan fingerprint density at radius 3 is 0.925 bits per heavy atom. The van der Waals surface area contributed by atoms with E-state index in [9.17, 15) is 93.4 Å². The fraction of sp³-hybridized carbons (Fsp3) is 0.441. The van der Waals surface area contributed by atoms with Gasteiger partial charge in [-0.05, 0) is 73.2 Å². The summed E-state index contributed by atoms with van der Waals surface area (Å²) in [6.45, 7) is -1.92. The first-order chi connectivity index (χ1) is 30.0. The number of aliphatic imine (C=N–C) groups is 2. The molecule has 10 N–H and O–H groups in total. The van der Waals surface area contributed by atoms with Crippen molar-refractivity contribution in [2.24, 2.45) is 38.3 Å². The van der Waals surface area contributed by atoms with Gasteiger partial charge in [0.2, 0.25) is 11.8 Å². The lowest BCUT2D eigenvalue weighted by Crippen LogP contribution is -2.66. The molecule has 0 bridgehead atoms. The molecule has 376 valence electrons. The Hall–Kier alpha value is -6.73. The van der Waals surface area contributed by atoms with E-state index in [2.05, 4.69) is 9.98 Å². The first-order valence-corrected chi connectivity index (χ1v) is 17.5. The molecule has 0 radical (unpaired) electrons. The number of amides is 4. The lowest BCUT2D eigenvalue weighted by atomic mass is 9.72. The second kappa shape index (κ2) is 21.7. The summed E-state index contributed by atoms with van der Waals surface area (Å²) in [5.74, 6) is -9.69. The average Bonchev–Trinajstić information content (AvgIpc) is 3.14. The number of carboxylic acid groups (broad SMARTS) is 2. The molecule has 2 aromatic carbocycles. The van der Waals surface area contributed by atoms with Crippen LogP contribution in [0.5, 0.6) is 0 Å². The summed E-state index contributed by atoms with van der Waals surface area (Å²) in [4.78, 5) is 68.0. The average molecular weight is 1010 g/mol. The number of benzene rings is 2. The second-order valence-electron chi connectivity index (χ2n) is 13.4. The van der Waals surface area contributed by atoms with E-state index >= 15 is 0 Å². The molecule has 3 rings (SSSR count). The quantitative estimate of drug-likeness (QED) is 0.0478. The molecule has 33 heteroatoms. The molecule has 2 aromatic rings. The molecule has 1 saturated heterocycles. The number of alkyl halides is 18. The maximum atomic E-state index is 14.3. The number of rotatable bonds is 12. The highest BCUT2D eigenvalue weighted by Gasteiger charge is 2.57. The highest BCUT2D eigenvalue weighted by Crippen LogP contribution is 2.43. The third-order valence-electron chi connectivity index (χ3n) is 8.23. The van der Waals surface area contributed by atoms with Crippen molar-refractivity contribution in [3.8, 4) is 0 Å². The third kappa shape index (κ3) is 17.5. The van der Waals surface area contributed by atoms with Crippen molar-refractivity contribution in [2.45, 2.75) is 62.7 Å². The number of nitrogens with zero attached hydrogens (tertiary/aromatic N) is 4. The molecule has 0 atom stereocenters. The standard InChI is InChI=1S/C30H30F12N8O3.2C2HF3O2/c31-27(32,33)17-7-15(8-18(11-17)28(34,35)36)13-26(14-16-9-19(29(37,38)39)12-20(10-16)30(40,41)42)21(51)49(5-1-3-47-23(43)44)25(53)50(22(26)52)6-2-4-48-24(45)46;2*3-2(4,5)1(6)7/h7-12H,1-6,13-14H2,(H4,43,44,47)(H4,45,46,48);2*(H,6,7). The van der Waals surface area contributed by atoms with Gasteiger partial charge in [-0.1, -0.05) is 0 Å². The zero-order valence-corrected chi connectivity index (χ0v) is 33.0. The predicted octanol–water partition coefficient (Wildman–Crippen LogP) is 5.92. The van der Waals surface area contributed by atoms with Gasteiger partial charge in [0.05, 0.1) is 22.3 Å². The summed E-state index contributed by atoms with van der Waals surface area (Å²) in [5, 5.41) is 14.2. The van der Waals surface area contributed by atoms with Gasteiger partial charge in [-0.15, -0.1) is 0 Å². The van der Waals surface area contributed by atoms with Crippen LogP contribution in [-0.4, -0.2) is 100 Å². The molecule has 4 amide bonds. The molecule has 67 heavy (non-hydrogen) atoms. The van der Waals surface area contributed by atoms with Crippen LogP contribution < -0.4 is 22.9 Å². The number of halogens is 18. The van der Waals surface area contributed by atoms with Gasteiger partial charge >= 0.3 is 55.0 Å². The van der Waals surface area contributed by atoms with Crippen molar-refractivity contribution in [3.05, 3.63) is 69.8 Å². The first kappa shape index (κ1) is 58.3. The van der Waals surface area contributed by atoms with Gasteiger partial charge in [0.25, 0.3) is 0 Å². The summed E-state index contributed by atoms with van der Waals surface area (Å²) in [6, 6.07) is -1.41. The molecule has 0 aliphatic carbocycles. The minimum atomic E-state index is -5.45. The van der Waals surface area contributed by atoms with E-state index in [0.29, 0.717) is 9.80 Å². The topological polar surface area (TPSA) is 261 Å². The number of carbonyl (C=O) groups is 5. The van der Waals surface area contributed by atoms with Crippen LogP contribution in [-0.2, 0) is 56.7 Å². The molecular weight excluding hydrogens is 974 g/mol. The summed E-state index contributed by atoms with van der Waals surface area (Å²) in [7, 11) is 0. The molecule has 15 nitrogen and oxygen atoms in total. The Balaban J connectivity index is 0.00000138. The van der Waals surface area contributed by atoms with E-state index in [0.717, 1.165) is 0 Å². The van der Waals surface area contributed by atoms with E-state index in [1.54, 1.807) is 0 Å². The van der Waals surface area contributed by atoms with Crippen LogP contribution in [0.1, 0.15) is 46.2 Å². The maximum Gasteiger partial charge on any atom is 0.490 e. The Bertz CT molecular complexity index is 1960. The number of guanidine groups is 2. The van der Waals surface area contributed by atoms with E-state index in [1.807, 2.05) is 0 Å². The van der Waals surface area contributed by atoms with Crippen LogP contribution in [0.2, 0.25) is 0 Å². The Morgan fingerprint density at radius 1 is 0.493 bits per heavy atom. The molecule has 0 saturated carbocycles. The fourth-order valence-corrected chi connectivity index (χ4v) is 5.50. The highest BCUT2D eigenvalue weighted by molar-refractivity contribution is 6.19. The lowest BCUT2D eigenvalue weighted by molar-refractivity contribution is -0.193. The molecule has 0 spiro atoms. The number of urea groups is 1. The van der Waals surface area contributed by atoms with E-state index in [-0.39, 0.29) is 62.3 Å². The normalized spacial score (nSPS) is 14.6. The number of aliphatic carboxylic acids is 2. The van der Waals surface area contributed by atoms with Gasteiger partial charge < -0.3 is 33.1 Å². The number of hydrogen-bond acceptors (Lipinski definition) is 7. The van der Waals surface area contributed by atoms with Crippen LogP contribution in [0.4, 0.5) is 83.8 Å². The molecule has 0 aromatic heterocycles. The zero-order chi connectivity index (χ0) is 52.5. The van der Waals surface area contributed by atoms with Gasteiger partial charge in [-0.25, -0.2) is 14.4 Å². The molecule has 1 aliphatic heterocycles. The van der Waals surface area contributed by atoms with Gasteiger partial charge in [0, 0.05) is 26.2 Å². The van der Waals surface area contributed by atoms with Gasteiger partial charge in [0.15, 0.2) is 11.9 Å². The van der Waals surface area contributed by atoms with E-state index in [4.69, 9.17) is 42.7 Å². The maximum absolute atomic E-state index is 14.3. The number of carboxylic acids is 2. The summed E-state index contributed by atoms with van der Waals surface area (Å²) < 4.78 is 229. The van der Waals surface area contributed by atoms with Crippen LogP contribution in [0.15, 0.2) is 46.4 Å². The second-order valence-corrected chi connectivity index (χ2v) is 13.4. The zero-order valence-electron chi connectivity index (χ0n) is 33.0.